The molecule has 0 bridgehead atoms. The molecule has 88 valence electrons. The summed E-state index contributed by atoms with van der Waals surface area (Å²) < 4.78 is 6.03. The number of carbonyl (C=O) groups excluding carboxylic acids is 1. The standard InChI is InChI=1S/C12H24NO2/c1-6-13(4,5)9-7-8-10-15-12(14)11(2)3/h2,6-10H2,1,3-5H3/q+1. The van der Waals surface area contributed by atoms with E-state index < -0.39 is 0 Å². The van der Waals surface area contributed by atoms with Gasteiger partial charge in [0.25, 0.3) is 0 Å². The number of unbranched alkanes of at least 4 members (excludes halogenated alkanes) is 1. The highest BCUT2D eigenvalue weighted by Gasteiger charge is 2.10. The molecule has 0 radical (unpaired) electrons. The van der Waals surface area contributed by atoms with E-state index in [9.17, 15) is 4.79 Å². The number of quaternary nitrogens is 1. The number of ether oxygens (including phenoxy) is 1. The monoisotopic (exact) mass is 214 g/mol. The summed E-state index contributed by atoms with van der Waals surface area (Å²) in [4.78, 5) is 11.0. The molecule has 3 nitrogen and oxygen atoms in total. The van der Waals surface area contributed by atoms with Gasteiger partial charge < -0.3 is 9.22 Å². The topological polar surface area (TPSA) is 26.3 Å². The van der Waals surface area contributed by atoms with Gasteiger partial charge in [-0.2, -0.15) is 0 Å². The second-order valence-electron chi connectivity index (χ2n) is 4.60. The van der Waals surface area contributed by atoms with Crippen LogP contribution in [0.25, 0.3) is 0 Å². The van der Waals surface area contributed by atoms with Crippen molar-refractivity contribution in [3.8, 4) is 0 Å². The first-order chi connectivity index (χ1) is 6.89. The van der Waals surface area contributed by atoms with Gasteiger partial charge >= 0.3 is 5.97 Å². The summed E-state index contributed by atoms with van der Waals surface area (Å²) in [6, 6.07) is 0. The molecular weight excluding hydrogens is 190 g/mol. The van der Waals surface area contributed by atoms with Crippen molar-refractivity contribution in [2.24, 2.45) is 0 Å². The van der Waals surface area contributed by atoms with Crippen LogP contribution in [0.4, 0.5) is 0 Å². The fourth-order valence-electron chi connectivity index (χ4n) is 1.09. The van der Waals surface area contributed by atoms with Crippen molar-refractivity contribution in [1.82, 2.24) is 0 Å². The van der Waals surface area contributed by atoms with E-state index in [1.165, 1.54) is 0 Å². The van der Waals surface area contributed by atoms with Crippen molar-refractivity contribution in [2.45, 2.75) is 26.7 Å². The Kier molecular flexibility index (Phi) is 6.25. The fraction of sp³-hybridized carbons (Fsp3) is 0.750. The number of hydrogen-bond donors (Lipinski definition) is 0. The molecule has 0 spiro atoms. The van der Waals surface area contributed by atoms with E-state index in [4.69, 9.17) is 4.74 Å². The van der Waals surface area contributed by atoms with Crippen LogP contribution in [-0.4, -0.2) is 44.2 Å². The van der Waals surface area contributed by atoms with Gasteiger partial charge in [-0.3, -0.25) is 0 Å². The predicted octanol–water partition coefficient (Wildman–Crippen LogP) is 1.98. The summed E-state index contributed by atoms with van der Waals surface area (Å²) in [5.74, 6) is -0.278. The number of esters is 1. The maximum atomic E-state index is 11.0. The van der Waals surface area contributed by atoms with Gasteiger partial charge in [-0.1, -0.05) is 6.58 Å². The Hall–Kier alpha value is -0.830. The summed E-state index contributed by atoms with van der Waals surface area (Å²) in [5, 5.41) is 0. The summed E-state index contributed by atoms with van der Waals surface area (Å²) in [6.07, 6.45) is 2.02. The first-order valence-corrected chi connectivity index (χ1v) is 5.53. The van der Waals surface area contributed by atoms with E-state index in [1.807, 2.05) is 0 Å². The molecule has 0 aromatic rings. The third kappa shape index (κ3) is 7.14. The normalized spacial score (nSPS) is 11.2. The quantitative estimate of drug-likeness (QED) is 0.280. The lowest BCUT2D eigenvalue weighted by Crippen LogP contribution is -2.40. The third-order valence-electron chi connectivity index (χ3n) is 2.60. The molecule has 0 amide bonds. The maximum absolute atomic E-state index is 11.0. The van der Waals surface area contributed by atoms with Crippen LogP contribution in [0.1, 0.15) is 26.7 Å². The Labute approximate surface area is 93.3 Å². The highest BCUT2D eigenvalue weighted by atomic mass is 16.5. The summed E-state index contributed by atoms with van der Waals surface area (Å²) in [7, 11) is 4.42. The Morgan fingerprint density at radius 1 is 1.33 bits per heavy atom. The third-order valence-corrected chi connectivity index (χ3v) is 2.60. The minimum Gasteiger partial charge on any atom is -0.462 e. The largest absolute Gasteiger partial charge is 0.462 e. The Bertz CT molecular complexity index is 222. The van der Waals surface area contributed by atoms with Crippen LogP contribution >= 0.6 is 0 Å². The van der Waals surface area contributed by atoms with Gasteiger partial charge in [0, 0.05) is 5.57 Å². The summed E-state index contributed by atoms with van der Waals surface area (Å²) in [6.45, 7) is 10.1. The van der Waals surface area contributed by atoms with Crippen LogP contribution in [0.3, 0.4) is 0 Å². The second kappa shape index (κ2) is 6.62. The Morgan fingerprint density at radius 2 is 1.93 bits per heavy atom. The summed E-state index contributed by atoms with van der Waals surface area (Å²) in [5.41, 5.74) is 0.472. The van der Waals surface area contributed by atoms with E-state index in [2.05, 4.69) is 27.6 Å². The number of hydrogen-bond acceptors (Lipinski definition) is 2. The van der Waals surface area contributed by atoms with E-state index in [1.54, 1.807) is 6.92 Å². The van der Waals surface area contributed by atoms with Gasteiger partial charge in [-0.15, -0.1) is 0 Å². The van der Waals surface area contributed by atoms with Crippen molar-refractivity contribution in [1.29, 1.82) is 0 Å². The van der Waals surface area contributed by atoms with E-state index in [0.717, 1.165) is 30.4 Å². The minimum atomic E-state index is -0.278. The predicted molar refractivity (Wildman–Crippen MR) is 62.5 cm³/mol. The zero-order chi connectivity index (χ0) is 11.9. The average Bonchev–Trinajstić information content (AvgIpc) is 2.16. The molecule has 15 heavy (non-hydrogen) atoms. The zero-order valence-corrected chi connectivity index (χ0v) is 10.5. The molecule has 0 rings (SSSR count). The second-order valence-corrected chi connectivity index (χ2v) is 4.60. The fourth-order valence-corrected chi connectivity index (χ4v) is 1.09. The van der Waals surface area contributed by atoms with Gasteiger partial charge in [0.15, 0.2) is 0 Å². The van der Waals surface area contributed by atoms with Gasteiger partial charge in [-0.25, -0.2) is 4.79 Å². The molecule has 0 saturated carbocycles. The van der Waals surface area contributed by atoms with Gasteiger partial charge in [0.2, 0.25) is 0 Å². The molecule has 0 aliphatic rings. The van der Waals surface area contributed by atoms with Crippen LogP contribution in [0.15, 0.2) is 12.2 Å². The summed E-state index contributed by atoms with van der Waals surface area (Å²) >= 11 is 0. The number of rotatable bonds is 7. The Balaban J connectivity index is 3.48. The maximum Gasteiger partial charge on any atom is 0.333 e. The first-order valence-electron chi connectivity index (χ1n) is 5.53. The lowest BCUT2D eigenvalue weighted by atomic mass is 10.3. The van der Waals surface area contributed by atoms with Crippen LogP contribution in [0.5, 0.6) is 0 Å². The molecule has 0 fully saturated rings. The van der Waals surface area contributed by atoms with Crippen molar-refractivity contribution in [2.75, 3.05) is 33.8 Å². The van der Waals surface area contributed by atoms with Crippen LogP contribution < -0.4 is 0 Å². The molecule has 0 saturated heterocycles. The van der Waals surface area contributed by atoms with Crippen LogP contribution in [0.2, 0.25) is 0 Å². The lowest BCUT2D eigenvalue weighted by Gasteiger charge is -2.28. The van der Waals surface area contributed by atoms with E-state index in [-0.39, 0.29) is 5.97 Å². The molecule has 3 heteroatoms. The highest BCUT2D eigenvalue weighted by molar-refractivity contribution is 5.86. The molecule has 0 atom stereocenters. The van der Waals surface area contributed by atoms with Crippen molar-refractivity contribution in [3.05, 3.63) is 12.2 Å². The average molecular weight is 214 g/mol. The SMILES string of the molecule is C=C(C)C(=O)OCCCC[N+](C)(C)CC. The molecular formula is C12H24NO2+. The minimum absolute atomic E-state index is 0.278. The smallest absolute Gasteiger partial charge is 0.333 e. The Morgan fingerprint density at radius 3 is 2.40 bits per heavy atom. The molecule has 0 heterocycles. The molecule has 0 unspecified atom stereocenters. The van der Waals surface area contributed by atoms with Gasteiger partial charge in [-0.05, 0) is 26.7 Å². The number of nitrogens with zero attached hydrogens (tertiary/aromatic N) is 1. The lowest BCUT2D eigenvalue weighted by molar-refractivity contribution is -0.888. The van der Waals surface area contributed by atoms with E-state index >= 15 is 0 Å². The molecule has 0 aromatic heterocycles. The van der Waals surface area contributed by atoms with Crippen molar-refractivity contribution in [3.63, 3.8) is 0 Å². The zero-order valence-electron chi connectivity index (χ0n) is 10.5. The van der Waals surface area contributed by atoms with Crippen molar-refractivity contribution >= 4 is 5.97 Å². The van der Waals surface area contributed by atoms with Crippen LogP contribution in [0, 0.1) is 0 Å². The van der Waals surface area contributed by atoms with Crippen LogP contribution in [-0.2, 0) is 9.53 Å². The molecule has 0 aliphatic heterocycles. The first kappa shape index (κ1) is 14.2. The highest BCUT2D eigenvalue weighted by Crippen LogP contribution is 2.02. The van der Waals surface area contributed by atoms with Crippen molar-refractivity contribution < 1.29 is 14.0 Å². The van der Waals surface area contributed by atoms with Gasteiger partial charge in [0.1, 0.15) is 0 Å². The molecule has 0 aromatic carbocycles. The van der Waals surface area contributed by atoms with E-state index in [0.29, 0.717) is 12.2 Å². The number of carbonyl (C=O) groups is 1. The van der Waals surface area contributed by atoms with Gasteiger partial charge in [0.05, 0.1) is 33.8 Å². The molecule has 0 aliphatic carbocycles. The molecule has 0 N–H and O–H groups in total.